The Labute approximate surface area is 192 Å². The van der Waals surface area contributed by atoms with Gasteiger partial charge in [0.2, 0.25) is 5.91 Å². The molecule has 8 nitrogen and oxygen atoms in total. The summed E-state index contributed by atoms with van der Waals surface area (Å²) in [5.74, 6) is -0.353. The minimum Gasteiger partial charge on any atom is -0.387 e. The standard InChI is InChI=1S/C23H32N2O6S/c1-25-16-9-5-6-10-18(16)32-13-15(23(25)30)24-22(29)21(31-2)20(28)19(27)17(26)12-11-14-7-3-4-8-14/h5-6,9-12,14-15,17,19-21,26-28H,3-4,7-8,13H2,1-2H3,(H,24,29)/b12-11+/t15-,17+,19-,20+,21+/m0/s1. The number of anilines is 1. The summed E-state index contributed by atoms with van der Waals surface area (Å²) in [6.45, 7) is 0. The summed E-state index contributed by atoms with van der Waals surface area (Å²) in [4.78, 5) is 28.1. The van der Waals surface area contributed by atoms with Crippen LogP contribution in [0.25, 0.3) is 0 Å². The fourth-order valence-corrected chi connectivity index (χ4v) is 5.23. The zero-order chi connectivity index (χ0) is 23.3. The van der Waals surface area contributed by atoms with Crippen molar-refractivity contribution in [1.29, 1.82) is 0 Å². The summed E-state index contributed by atoms with van der Waals surface area (Å²) in [7, 11) is 2.87. The molecule has 2 amide bonds. The van der Waals surface area contributed by atoms with Crippen molar-refractivity contribution in [2.75, 3.05) is 24.8 Å². The van der Waals surface area contributed by atoms with E-state index in [0.29, 0.717) is 11.7 Å². The SMILES string of the molecule is CO[C@@H](C(=O)N[C@H]1CSc2ccccc2N(C)C1=O)[C@H](O)[C@@H](O)[C@H](O)/C=C/C1CCCC1. The van der Waals surface area contributed by atoms with Crippen molar-refractivity contribution in [2.45, 2.75) is 61.0 Å². The number of aliphatic hydroxyl groups excluding tert-OH is 3. The lowest BCUT2D eigenvalue weighted by Crippen LogP contribution is -2.56. The van der Waals surface area contributed by atoms with Gasteiger partial charge in [-0.05, 0) is 30.9 Å². The molecule has 0 bridgehead atoms. The van der Waals surface area contributed by atoms with Gasteiger partial charge in [-0.3, -0.25) is 9.59 Å². The van der Waals surface area contributed by atoms with Gasteiger partial charge in [0.1, 0.15) is 24.4 Å². The van der Waals surface area contributed by atoms with Crippen molar-refractivity contribution in [1.82, 2.24) is 5.32 Å². The molecule has 32 heavy (non-hydrogen) atoms. The molecule has 0 unspecified atom stereocenters. The van der Waals surface area contributed by atoms with Crippen LogP contribution in [-0.4, -0.2) is 77.5 Å². The predicted molar refractivity (Wildman–Crippen MR) is 122 cm³/mol. The Morgan fingerprint density at radius 1 is 1.22 bits per heavy atom. The van der Waals surface area contributed by atoms with Crippen LogP contribution in [-0.2, 0) is 14.3 Å². The lowest BCUT2D eigenvalue weighted by Gasteiger charge is -2.28. The number of nitrogens with one attached hydrogen (secondary N) is 1. The van der Waals surface area contributed by atoms with Gasteiger partial charge in [-0.15, -0.1) is 11.8 Å². The van der Waals surface area contributed by atoms with E-state index in [4.69, 9.17) is 4.74 Å². The summed E-state index contributed by atoms with van der Waals surface area (Å²) in [6.07, 6.45) is 1.59. The number of likely N-dealkylation sites (N-methyl/N-ethyl adjacent to an activating group) is 1. The number of thioether (sulfide) groups is 1. The maximum Gasteiger partial charge on any atom is 0.252 e. The zero-order valence-corrected chi connectivity index (χ0v) is 19.2. The summed E-state index contributed by atoms with van der Waals surface area (Å²) in [6, 6.07) is 6.64. The number of amides is 2. The molecule has 5 atom stereocenters. The molecule has 0 spiro atoms. The third kappa shape index (κ3) is 5.71. The van der Waals surface area contributed by atoms with Gasteiger partial charge in [-0.2, -0.15) is 0 Å². The van der Waals surface area contributed by atoms with Crippen LogP contribution in [0.1, 0.15) is 25.7 Å². The van der Waals surface area contributed by atoms with Crippen LogP contribution in [0.3, 0.4) is 0 Å². The lowest BCUT2D eigenvalue weighted by molar-refractivity contribution is -0.150. The number of para-hydroxylation sites is 1. The minimum absolute atomic E-state index is 0.291. The summed E-state index contributed by atoms with van der Waals surface area (Å²) in [5, 5.41) is 33.8. The molecule has 176 valence electrons. The number of rotatable bonds is 8. The highest BCUT2D eigenvalue weighted by Crippen LogP contribution is 2.33. The molecule has 0 aromatic heterocycles. The number of nitrogens with zero attached hydrogens (tertiary/aromatic N) is 1. The molecular weight excluding hydrogens is 432 g/mol. The molecule has 1 aliphatic carbocycles. The van der Waals surface area contributed by atoms with Gasteiger partial charge in [-0.25, -0.2) is 0 Å². The van der Waals surface area contributed by atoms with Gasteiger partial charge >= 0.3 is 0 Å². The van der Waals surface area contributed by atoms with Crippen LogP contribution in [0.15, 0.2) is 41.3 Å². The van der Waals surface area contributed by atoms with Crippen LogP contribution in [0.2, 0.25) is 0 Å². The number of aliphatic hydroxyl groups is 3. The fraction of sp³-hybridized carbons (Fsp3) is 0.565. The normalized spacial score (nSPS) is 23.5. The minimum atomic E-state index is -1.67. The average molecular weight is 465 g/mol. The molecule has 1 saturated carbocycles. The van der Waals surface area contributed by atoms with Crippen molar-refractivity contribution in [3.05, 3.63) is 36.4 Å². The van der Waals surface area contributed by atoms with E-state index < -0.39 is 36.4 Å². The first kappa shape index (κ1) is 24.7. The molecule has 1 aliphatic heterocycles. The van der Waals surface area contributed by atoms with Gasteiger partial charge in [0.05, 0.1) is 5.69 Å². The first-order valence-electron chi connectivity index (χ1n) is 10.9. The molecule has 1 aromatic rings. The first-order valence-corrected chi connectivity index (χ1v) is 11.9. The van der Waals surface area contributed by atoms with Crippen LogP contribution in [0, 0.1) is 5.92 Å². The Morgan fingerprint density at radius 3 is 2.59 bits per heavy atom. The van der Waals surface area contributed by atoms with Crippen molar-refractivity contribution in [2.24, 2.45) is 5.92 Å². The molecule has 2 aliphatic rings. The van der Waals surface area contributed by atoms with E-state index in [1.807, 2.05) is 30.3 Å². The second-order valence-corrected chi connectivity index (χ2v) is 9.36. The molecule has 1 heterocycles. The second-order valence-electron chi connectivity index (χ2n) is 8.29. The number of benzene rings is 1. The van der Waals surface area contributed by atoms with Gasteiger partial charge in [-0.1, -0.05) is 37.1 Å². The monoisotopic (exact) mass is 464 g/mol. The quantitative estimate of drug-likeness (QED) is 0.425. The smallest absolute Gasteiger partial charge is 0.252 e. The zero-order valence-electron chi connectivity index (χ0n) is 18.4. The molecule has 0 saturated heterocycles. The lowest BCUT2D eigenvalue weighted by atomic mass is 9.99. The van der Waals surface area contributed by atoms with E-state index in [9.17, 15) is 24.9 Å². The van der Waals surface area contributed by atoms with Crippen LogP contribution >= 0.6 is 11.8 Å². The van der Waals surface area contributed by atoms with Crippen molar-refractivity contribution in [3.8, 4) is 0 Å². The highest BCUT2D eigenvalue weighted by Gasteiger charge is 2.38. The highest BCUT2D eigenvalue weighted by atomic mass is 32.2. The number of hydrogen-bond acceptors (Lipinski definition) is 7. The fourth-order valence-electron chi connectivity index (χ4n) is 4.13. The average Bonchev–Trinajstić information content (AvgIpc) is 3.29. The largest absolute Gasteiger partial charge is 0.387 e. The number of ether oxygens (including phenoxy) is 1. The Morgan fingerprint density at radius 2 is 1.91 bits per heavy atom. The molecular formula is C23H32N2O6S. The number of methoxy groups -OCH3 is 1. The molecule has 3 rings (SSSR count). The topological polar surface area (TPSA) is 119 Å². The van der Waals surface area contributed by atoms with Crippen molar-refractivity contribution in [3.63, 3.8) is 0 Å². The van der Waals surface area contributed by atoms with Crippen LogP contribution in [0.4, 0.5) is 5.69 Å². The predicted octanol–water partition coefficient (Wildman–Crippen LogP) is 1.08. The Balaban J connectivity index is 1.62. The van der Waals surface area contributed by atoms with Crippen molar-refractivity contribution >= 4 is 29.3 Å². The van der Waals surface area contributed by atoms with E-state index in [-0.39, 0.29) is 5.91 Å². The number of hydrogen-bond donors (Lipinski definition) is 4. The number of allylic oxidation sites excluding steroid dienone is 1. The summed E-state index contributed by atoms with van der Waals surface area (Å²) < 4.78 is 5.13. The molecule has 4 N–H and O–H groups in total. The summed E-state index contributed by atoms with van der Waals surface area (Å²) in [5.41, 5.74) is 0.759. The van der Waals surface area contributed by atoms with Crippen LogP contribution < -0.4 is 10.2 Å². The third-order valence-electron chi connectivity index (χ3n) is 6.08. The third-order valence-corrected chi connectivity index (χ3v) is 7.24. The molecule has 1 fully saturated rings. The van der Waals surface area contributed by atoms with Crippen LogP contribution in [0.5, 0.6) is 0 Å². The van der Waals surface area contributed by atoms with E-state index in [1.54, 1.807) is 7.05 Å². The molecule has 1 aromatic carbocycles. The Hall–Kier alpha value is -1.91. The van der Waals surface area contributed by atoms with E-state index in [1.165, 1.54) is 29.8 Å². The Bertz CT molecular complexity index is 828. The van der Waals surface area contributed by atoms with Gasteiger partial charge in [0, 0.05) is 24.8 Å². The number of carbonyl (C=O) groups excluding carboxylic acids is 2. The van der Waals surface area contributed by atoms with Gasteiger partial charge < -0.3 is 30.3 Å². The van der Waals surface area contributed by atoms with Gasteiger partial charge in [0.15, 0.2) is 6.10 Å². The summed E-state index contributed by atoms with van der Waals surface area (Å²) >= 11 is 1.45. The molecule has 0 radical (unpaired) electrons. The van der Waals surface area contributed by atoms with E-state index in [2.05, 4.69) is 5.32 Å². The van der Waals surface area contributed by atoms with Gasteiger partial charge in [0.25, 0.3) is 5.91 Å². The maximum absolute atomic E-state index is 12.9. The Kier molecular flexibility index (Phi) is 8.72. The maximum atomic E-state index is 12.9. The van der Waals surface area contributed by atoms with E-state index >= 15 is 0 Å². The number of carbonyl (C=O) groups is 2. The second kappa shape index (κ2) is 11.3. The first-order chi connectivity index (χ1) is 15.3. The van der Waals surface area contributed by atoms with Crippen molar-refractivity contribution < 1.29 is 29.6 Å². The molecule has 9 heteroatoms. The van der Waals surface area contributed by atoms with E-state index in [0.717, 1.165) is 36.3 Å². The number of fused-ring (bicyclic) bond motifs is 1. The highest BCUT2D eigenvalue weighted by molar-refractivity contribution is 7.99.